The highest BCUT2D eigenvalue weighted by molar-refractivity contribution is 5.73. The second kappa shape index (κ2) is 6.43. The van der Waals surface area contributed by atoms with Crippen molar-refractivity contribution in [2.75, 3.05) is 6.61 Å². The van der Waals surface area contributed by atoms with Crippen LogP contribution in [-0.2, 0) is 9.53 Å². The van der Waals surface area contributed by atoms with Crippen LogP contribution in [0.1, 0.15) is 69.9 Å². The fourth-order valence-electron chi connectivity index (χ4n) is 7.55. The molecule has 3 nitrogen and oxygen atoms in total. The van der Waals surface area contributed by atoms with Gasteiger partial charge in [-0.3, -0.25) is 9.78 Å². The van der Waals surface area contributed by atoms with E-state index in [1.165, 1.54) is 43.2 Å². The molecule has 150 valence electrons. The SMILES string of the molecule is Cc1cncc(C2=CCC3[C@@H]4CCC5COC(=O)CC[C@]5(C)C4CC[C@]23C)c1. The van der Waals surface area contributed by atoms with Crippen molar-refractivity contribution < 1.29 is 9.53 Å². The first-order valence-electron chi connectivity index (χ1n) is 11.2. The molecule has 6 atom stereocenters. The van der Waals surface area contributed by atoms with E-state index in [-0.39, 0.29) is 16.8 Å². The van der Waals surface area contributed by atoms with Crippen LogP contribution in [0.4, 0.5) is 0 Å². The van der Waals surface area contributed by atoms with Crippen LogP contribution >= 0.6 is 0 Å². The summed E-state index contributed by atoms with van der Waals surface area (Å²) in [5, 5.41) is 0. The molecule has 1 aliphatic heterocycles. The number of hydrogen-bond acceptors (Lipinski definition) is 3. The summed E-state index contributed by atoms with van der Waals surface area (Å²) in [5.41, 5.74) is 4.66. The number of nitrogens with zero attached hydrogens (tertiary/aromatic N) is 1. The van der Waals surface area contributed by atoms with Crippen molar-refractivity contribution >= 4 is 11.5 Å². The molecule has 1 aromatic rings. The largest absolute Gasteiger partial charge is 0.465 e. The number of pyridine rings is 1. The Hall–Kier alpha value is -1.64. The third-order valence-corrected chi connectivity index (χ3v) is 9.15. The zero-order valence-electron chi connectivity index (χ0n) is 17.5. The van der Waals surface area contributed by atoms with Gasteiger partial charge in [0.1, 0.15) is 0 Å². The Bertz CT molecular complexity index is 830. The minimum absolute atomic E-state index is 0.0181. The minimum Gasteiger partial charge on any atom is -0.465 e. The van der Waals surface area contributed by atoms with Gasteiger partial charge in [-0.2, -0.15) is 0 Å². The maximum Gasteiger partial charge on any atom is 0.305 e. The van der Waals surface area contributed by atoms with Crippen LogP contribution < -0.4 is 0 Å². The van der Waals surface area contributed by atoms with Crippen LogP contribution in [0, 0.1) is 41.4 Å². The third-order valence-electron chi connectivity index (χ3n) is 9.15. The highest BCUT2D eigenvalue weighted by Gasteiger charge is 2.58. The summed E-state index contributed by atoms with van der Waals surface area (Å²) in [6, 6.07) is 2.31. The Morgan fingerprint density at radius 2 is 1.96 bits per heavy atom. The van der Waals surface area contributed by atoms with Gasteiger partial charge in [0.05, 0.1) is 6.61 Å². The molecule has 0 spiro atoms. The van der Waals surface area contributed by atoms with Crippen molar-refractivity contribution in [1.82, 2.24) is 4.98 Å². The second-order valence-corrected chi connectivity index (χ2v) is 10.4. The van der Waals surface area contributed by atoms with Crippen LogP contribution in [0.2, 0.25) is 0 Å². The van der Waals surface area contributed by atoms with Crippen molar-refractivity contribution in [1.29, 1.82) is 0 Å². The predicted octanol–water partition coefficient (Wildman–Crippen LogP) is 5.58. The van der Waals surface area contributed by atoms with Crippen molar-refractivity contribution in [2.24, 2.45) is 34.5 Å². The zero-order chi connectivity index (χ0) is 19.5. The molecule has 0 N–H and O–H groups in total. The summed E-state index contributed by atoms with van der Waals surface area (Å²) in [6.45, 7) is 7.79. The maximum atomic E-state index is 12.0. The lowest BCUT2D eigenvalue weighted by molar-refractivity contribution is -0.144. The van der Waals surface area contributed by atoms with Gasteiger partial charge in [-0.25, -0.2) is 0 Å². The number of hydrogen-bond donors (Lipinski definition) is 0. The van der Waals surface area contributed by atoms with Crippen LogP contribution in [0.15, 0.2) is 24.5 Å². The van der Waals surface area contributed by atoms with Gasteiger partial charge in [-0.1, -0.05) is 19.9 Å². The highest BCUT2D eigenvalue weighted by Crippen LogP contribution is 2.66. The molecule has 1 saturated heterocycles. The van der Waals surface area contributed by atoms with Gasteiger partial charge in [0, 0.05) is 18.8 Å². The van der Waals surface area contributed by atoms with Crippen LogP contribution in [0.25, 0.3) is 5.57 Å². The average Bonchev–Trinajstić information content (AvgIpc) is 2.95. The second-order valence-electron chi connectivity index (χ2n) is 10.4. The van der Waals surface area contributed by atoms with Crippen LogP contribution in [0.5, 0.6) is 0 Å². The number of ether oxygens (including phenoxy) is 1. The van der Waals surface area contributed by atoms with Crippen LogP contribution in [0.3, 0.4) is 0 Å². The van der Waals surface area contributed by atoms with Gasteiger partial charge in [0.15, 0.2) is 0 Å². The molecule has 2 saturated carbocycles. The zero-order valence-corrected chi connectivity index (χ0v) is 17.5. The molecule has 0 radical (unpaired) electrons. The fraction of sp³-hybridized carbons (Fsp3) is 0.680. The molecule has 28 heavy (non-hydrogen) atoms. The standard InChI is InChI=1S/C25H33NO2/c1-16-12-17(14-26-13-16)20-6-7-21-19-5-4-18-15-28-23(27)9-11-24(18,2)22(19)8-10-25(20,21)3/h6,12-14,18-19,21-22H,4-5,7-11,15H2,1-3H3/t18?,19-,21?,22?,24-,25+/m0/s1. The van der Waals surface area contributed by atoms with Crippen LogP contribution in [-0.4, -0.2) is 17.6 Å². The number of aromatic nitrogens is 1. The van der Waals surface area contributed by atoms with Crippen molar-refractivity contribution in [2.45, 2.75) is 65.7 Å². The van der Waals surface area contributed by atoms with Crippen molar-refractivity contribution in [3.63, 3.8) is 0 Å². The predicted molar refractivity (Wildman–Crippen MR) is 110 cm³/mol. The van der Waals surface area contributed by atoms with E-state index in [1.54, 1.807) is 5.57 Å². The smallest absolute Gasteiger partial charge is 0.305 e. The first-order chi connectivity index (χ1) is 13.4. The summed E-state index contributed by atoms with van der Waals surface area (Å²) < 4.78 is 5.55. The molecular formula is C25H33NO2. The summed E-state index contributed by atoms with van der Waals surface area (Å²) in [5.74, 6) is 2.82. The number of cyclic esters (lactones) is 1. The van der Waals surface area contributed by atoms with E-state index in [0.717, 1.165) is 24.2 Å². The number of fused-ring (bicyclic) bond motifs is 5. The number of carbonyl (C=O) groups is 1. The van der Waals surface area contributed by atoms with Gasteiger partial charge >= 0.3 is 5.97 Å². The number of rotatable bonds is 1. The number of aryl methyl sites for hydroxylation is 1. The molecule has 3 heteroatoms. The molecule has 0 amide bonds. The maximum absolute atomic E-state index is 12.0. The molecule has 5 rings (SSSR count). The lowest BCUT2D eigenvalue weighted by atomic mass is 9.46. The normalized spacial score (nSPS) is 42.5. The van der Waals surface area contributed by atoms with Crippen molar-refractivity contribution in [3.8, 4) is 0 Å². The lowest BCUT2D eigenvalue weighted by Crippen LogP contribution is -2.51. The number of carbonyl (C=O) groups excluding carboxylic acids is 1. The minimum atomic E-state index is 0.0181. The number of allylic oxidation sites excluding steroid dienone is 2. The summed E-state index contributed by atoms with van der Waals surface area (Å²) >= 11 is 0. The molecule has 3 aliphatic carbocycles. The molecule has 3 fully saturated rings. The summed E-state index contributed by atoms with van der Waals surface area (Å²) in [7, 11) is 0. The van der Waals surface area contributed by atoms with E-state index in [0.29, 0.717) is 18.9 Å². The van der Waals surface area contributed by atoms with Gasteiger partial charge in [0.25, 0.3) is 0 Å². The Labute approximate surface area is 169 Å². The summed E-state index contributed by atoms with van der Waals surface area (Å²) in [6.07, 6.45) is 14.4. The molecular weight excluding hydrogens is 346 g/mol. The first kappa shape index (κ1) is 18.4. The molecule has 2 heterocycles. The van der Waals surface area contributed by atoms with Gasteiger partial charge in [0.2, 0.25) is 0 Å². The van der Waals surface area contributed by atoms with Gasteiger partial charge in [-0.15, -0.1) is 0 Å². The number of esters is 1. The molecule has 0 aromatic carbocycles. The van der Waals surface area contributed by atoms with Gasteiger partial charge in [-0.05, 0) is 103 Å². The van der Waals surface area contributed by atoms with E-state index in [4.69, 9.17) is 4.74 Å². The monoisotopic (exact) mass is 379 g/mol. The first-order valence-corrected chi connectivity index (χ1v) is 11.2. The highest BCUT2D eigenvalue weighted by atomic mass is 16.5. The third kappa shape index (κ3) is 2.61. The lowest BCUT2D eigenvalue weighted by Gasteiger charge is -2.58. The molecule has 0 bridgehead atoms. The Kier molecular flexibility index (Phi) is 4.23. The van der Waals surface area contributed by atoms with Crippen molar-refractivity contribution in [3.05, 3.63) is 35.7 Å². The van der Waals surface area contributed by atoms with E-state index >= 15 is 0 Å². The topological polar surface area (TPSA) is 39.2 Å². The Morgan fingerprint density at radius 1 is 1.11 bits per heavy atom. The molecule has 3 unspecified atom stereocenters. The molecule has 1 aromatic heterocycles. The molecule has 4 aliphatic rings. The summed E-state index contributed by atoms with van der Waals surface area (Å²) in [4.78, 5) is 16.4. The van der Waals surface area contributed by atoms with E-state index in [9.17, 15) is 4.79 Å². The van der Waals surface area contributed by atoms with Gasteiger partial charge < -0.3 is 4.74 Å². The Balaban J connectivity index is 1.45. The van der Waals surface area contributed by atoms with E-state index in [1.807, 2.05) is 6.20 Å². The quantitative estimate of drug-likeness (QED) is 0.598. The van der Waals surface area contributed by atoms with E-state index < -0.39 is 0 Å². The van der Waals surface area contributed by atoms with E-state index in [2.05, 4.69) is 44.1 Å². The average molecular weight is 380 g/mol. The Morgan fingerprint density at radius 3 is 2.79 bits per heavy atom. The fourth-order valence-corrected chi connectivity index (χ4v) is 7.55.